The highest BCUT2D eigenvalue weighted by Gasteiger charge is 2.11. The monoisotopic (exact) mass is 388 g/mol. The first-order valence-corrected chi connectivity index (χ1v) is 7.65. The van der Waals surface area contributed by atoms with Crippen LogP contribution < -0.4 is 5.32 Å². The highest BCUT2D eigenvalue weighted by Crippen LogP contribution is 2.25. The lowest BCUT2D eigenvalue weighted by molar-refractivity contribution is 0.102. The molecular weight excluding hydrogens is 375 g/mol. The number of anilines is 1. The van der Waals surface area contributed by atoms with Crippen LogP contribution >= 0.6 is 22.6 Å². The van der Waals surface area contributed by atoms with Crippen molar-refractivity contribution in [2.45, 2.75) is 6.92 Å². The van der Waals surface area contributed by atoms with Crippen molar-refractivity contribution in [2.75, 3.05) is 5.32 Å². The van der Waals surface area contributed by atoms with Crippen molar-refractivity contribution in [2.24, 2.45) is 0 Å². The Morgan fingerprint density at radius 1 is 1.10 bits per heavy atom. The van der Waals surface area contributed by atoms with E-state index in [4.69, 9.17) is 0 Å². The molecule has 3 aromatic rings. The van der Waals surface area contributed by atoms with Crippen molar-refractivity contribution in [3.63, 3.8) is 0 Å². The van der Waals surface area contributed by atoms with Crippen LogP contribution in [0.5, 0.6) is 0 Å². The molecule has 1 heterocycles. The van der Waals surface area contributed by atoms with Crippen LogP contribution in [0, 0.1) is 10.5 Å². The zero-order valence-electron chi connectivity index (χ0n) is 11.4. The van der Waals surface area contributed by atoms with Crippen molar-refractivity contribution in [1.29, 1.82) is 0 Å². The summed E-state index contributed by atoms with van der Waals surface area (Å²) in [6.07, 6.45) is 1.76. The van der Waals surface area contributed by atoms with Crippen molar-refractivity contribution in [3.8, 4) is 0 Å². The Labute approximate surface area is 136 Å². The number of carbonyl (C=O) groups excluding carboxylic acids is 1. The van der Waals surface area contributed by atoms with Crippen LogP contribution in [0.2, 0.25) is 0 Å². The number of aromatic nitrogens is 1. The van der Waals surface area contributed by atoms with E-state index in [0.717, 1.165) is 25.7 Å². The molecule has 0 aliphatic carbocycles. The molecule has 0 radical (unpaired) electrons. The van der Waals surface area contributed by atoms with Gasteiger partial charge in [-0.05, 0) is 65.4 Å². The van der Waals surface area contributed by atoms with Gasteiger partial charge in [0.1, 0.15) is 0 Å². The molecule has 3 nitrogen and oxygen atoms in total. The number of pyridine rings is 1. The number of benzene rings is 2. The molecule has 0 aliphatic heterocycles. The molecule has 1 amide bonds. The van der Waals surface area contributed by atoms with Crippen LogP contribution in [0.25, 0.3) is 10.9 Å². The fraction of sp³-hybridized carbons (Fsp3) is 0.0588. The van der Waals surface area contributed by atoms with Gasteiger partial charge < -0.3 is 5.32 Å². The third kappa shape index (κ3) is 2.76. The molecule has 0 saturated carbocycles. The minimum atomic E-state index is -0.103. The molecule has 0 aliphatic rings. The second kappa shape index (κ2) is 5.81. The molecule has 0 atom stereocenters. The Kier molecular flexibility index (Phi) is 3.88. The van der Waals surface area contributed by atoms with Gasteiger partial charge in [0, 0.05) is 15.2 Å². The Bertz CT molecular complexity index is 830. The number of hydrogen-bond donors (Lipinski definition) is 1. The minimum absolute atomic E-state index is 0.103. The quantitative estimate of drug-likeness (QED) is 0.662. The van der Waals surface area contributed by atoms with Crippen molar-refractivity contribution in [3.05, 3.63) is 69.4 Å². The summed E-state index contributed by atoms with van der Waals surface area (Å²) in [5.74, 6) is -0.103. The molecule has 0 fully saturated rings. The molecule has 0 saturated heterocycles. The number of carbonyl (C=O) groups is 1. The summed E-state index contributed by atoms with van der Waals surface area (Å²) in [7, 11) is 0. The van der Waals surface area contributed by atoms with Gasteiger partial charge in [0.25, 0.3) is 5.91 Å². The van der Waals surface area contributed by atoms with E-state index in [-0.39, 0.29) is 5.91 Å². The molecule has 21 heavy (non-hydrogen) atoms. The molecule has 2 aromatic carbocycles. The third-order valence-corrected chi connectivity index (χ3v) is 4.28. The number of amides is 1. The number of nitrogens with zero attached hydrogens (tertiary/aromatic N) is 1. The molecular formula is C17H13IN2O. The molecule has 0 spiro atoms. The standard InChI is InChI=1S/C17H13IN2O/c1-11-8-9-15(13-6-4-10-19-16(11)13)20-17(21)12-5-2-3-7-14(12)18/h2-10H,1H3,(H,20,21). The molecule has 3 rings (SSSR count). The highest BCUT2D eigenvalue weighted by molar-refractivity contribution is 14.1. The third-order valence-electron chi connectivity index (χ3n) is 3.34. The summed E-state index contributed by atoms with van der Waals surface area (Å²) in [5, 5.41) is 3.94. The van der Waals surface area contributed by atoms with E-state index in [2.05, 4.69) is 32.9 Å². The summed E-state index contributed by atoms with van der Waals surface area (Å²) < 4.78 is 0.933. The maximum absolute atomic E-state index is 12.4. The van der Waals surface area contributed by atoms with Crippen LogP contribution in [-0.2, 0) is 0 Å². The van der Waals surface area contributed by atoms with Gasteiger partial charge in [-0.15, -0.1) is 0 Å². The lowest BCUT2D eigenvalue weighted by atomic mass is 10.1. The number of aryl methyl sites for hydroxylation is 1. The number of hydrogen-bond acceptors (Lipinski definition) is 2. The first kappa shape index (κ1) is 14.0. The van der Waals surface area contributed by atoms with Crippen molar-refractivity contribution < 1.29 is 4.79 Å². The lowest BCUT2D eigenvalue weighted by Gasteiger charge is -2.10. The summed E-state index contributed by atoms with van der Waals surface area (Å²) >= 11 is 2.17. The van der Waals surface area contributed by atoms with Crippen molar-refractivity contribution >= 4 is 45.1 Å². The Balaban J connectivity index is 2.01. The summed E-state index contributed by atoms with van der Waals surface area (Å²) in [5.41, 5.74) is 3.47. The van der Waals surface area contributed by atoms with Crippen LogP contribution in [0.1, 0.15) is 15.9 Å². The predicted octanol–water partition coefficient (Wildman–Crippen LogP) is 4.40. The number of halogens is 1. The normalized spacial score (nSPS) is 10.6. The second-order valence-corrected chi connectivity index (χ2v) is 5.93. The average molecular weight is 388 g/mol. The topological polar surface area (TPSA) is 42.0 Å². The minimum Gasteiger partial charge on any atom is -0.321 e. The van der Waals surface area contributed by atoms with E-state index in [1.54, 1.807) is 6.20 Å². The summed E-state index contributed by atoms with van der Waals surface area (Å²) in [6, 6.07) is 15.3. The van der Waals surface area contributed by atoms with E-state index in [1.165, 1.54) is 0 Å². The molecule has 104 valence electrons. The van der Waals surface area contributed by atoms with Gasteiger partial charge >= 0.3 is 0 Å². The maximum Gasteiger partial charge on any atom is 0.256 e. The van der Waals surface area contributed by atoms with Crippen LogP contribution in [-0.4, -0.2) is 10.9 Å². The number of nitrogens with one attached hydrogen (secondary N) is 1. The van der Waals surface area contributed by atoms with Gasteiger partial charge in [-0.2, -0.15) is 0 Å². The van der Waals surface area contributed by atoms with E-state index in [9.17, 15) is 4.79 Å². The fourth-order valence-electron chi connectivity index (χ4n) is 2.26. The van der Waals surface area contributed by atoms with Crippen LogP contribution in [0.4, 0.5) is 5.69 Å². The molecule has 4 heteroatoms. The van der Waals surface area contributed by atoms with Crippen LogP contribution in [0.15, 0.2) is 54.7 Å². The zero-order chi connectivity index (χ0) is 14.8. The van der Waals surface area contributed by atoms with Gasteiger partial charge in [-0.25, -0.2) is 0 Å². The smallest absolute Gasteiger partial charge is 0.256 e. The van der Waals surface area contributed by atoms with Gasteiger partial charge in [-0.1, -0.05) is 18.2 Å². The van der Waals surface area contributed by atoms with Crippen molar-refractivity contribution in [1.82, 2.24) is 4.98 Å². The predicted molar refractivity (Wildman–Crippen MR) is 93.6 cm³/mol. The van der Waals surface area contributed by atoms with E-state index in [0.29, 0.717) is 5.56 Å². The molecule has 0 unspecified atom stereocenters. The summed E-state index contributed by atoms with van der Waals surface area (Å²) in [6.45, 7) is 2.01. The SMILES string of the molecule is Cc1ccc(NC(=O)c2ccccc2I)c2cccnc12. The highest BCUT2D eigenvalue weighted by atomic mass is 127. The van der Waals surface area contributed by atoms with Crippen LogP contribution in [0.3, 0.4) is 0 Å². The number of fused-ring (bicyclic) bond motifs is 1. The Morgan fingerprint density at radius 3 is 2.71 bits per heavy atom. The maximum atomic E-state index is 12.4. The second-order valence-electron chi connectivity index (χ2n) is 4.76. The van der Waals surface area contributed by atoms with E-state index in [1.807, 2.05) is 55.5 Å². The van der Waals surface area contributed by atoms with Gasteiger partial charge in [0.2, 0.25) is 0 Å². The zero-order valence-corrected chi connectivity index (χ0v) is 13.6. The van der Waals surface area contributed by atoms with E-state index < -0.39 is 0 Å². The average Bonchev–Trinajstić information content (AvgIpc) is 2.51. The van der Waals surface area contributed by atoms with Gasteiger partial charge in [0.15, 0.2) is 0 Å². The molecule has 1 aromatic heterocycles. The first-order chi connectivity index (χ1) is 10.2. The largest absolute Gasteiger partial charge is 0.321 e. The molecule has 0 bridgehead atoms. The lowest BCUT2D eigenvalue weighted by Crippen LogP contribution is -2.13. The summed E-state index contributed by atoms with van der Waals surface area (Å²) in [4.78, 5) is 16.8. The Hall–Kier alpha value is -1.95. The Morgan fingerprint density at radius 2 is 1.90 bits per heavy atom. The molecule has 1 N–H and O–H groups in total. The fourth-order valence-corrected chi connectivity index (χ4v) is 2.89. The van der Waals surface area contributed by atoms with Gasteiger partial charge in [-0.3, -0.25) is 9.78 Å². The van der Waals surface area contributed by atoms with E-state index >= 15 is 0 Å². The van der Waals surface area contributed by atoms with Gasteiger partial charge in [0.05, 0.1) is 16.8 Å². The first-order valence-electron chi connectivity index (χ1n) is 6.57. The number of rotatable bonds is 2.